The van der Waals surface area contributed by atoms with Crippen LogP contribution < -0.4 is 4.74 Å². The van der Waals surface area contributed by atoms with Gasteiger partial charge >= 0.3 is 0 Å². The molecule has 1 heterocycles. The summed E-state index contributed by atoms with van der Waals surface area (Å²) in [4.78, 5) is 0. The molecule has 1 N–H and O–H groups in total. The summed E-state index contributed by atoms with van der Waals surface area (Å²) in [6, 6.07) is 5.68. The molecule has 0 aromatic heterocycles. The van der Waals surface area contributed by atoms with Gasteiger partial charge in [-0.1, -0.05) is 63.0 Å². The molecular weight excluding hydrogens is 400 g/mol. The Morgan fingerprint density at radius 3 is 2.81 bits per heavy atom. The molecule has 0 spiro atoms. The fraction of sp³-hybridized carbons (Fsp3) is 0.571. The molecule has 4 heteroatoms. The summed E-state index contributed by atoms with van der Waals surface area (Å²) in [6.07, 6.45) is 12.7. The van der Waals surface area contributed by atoms with Gasteiger partial charge in [0.25, 0.3) is 0 Å². The predicted octanol–water partition coefficient (Wildman–Crippen LogP) is 6.29. The zero-order valence-electron chi connectivity index (χ0n) is 19.7. The second kappa shape index (κ2) is 15.7. The van der Waals surface area contributed by atoms with Crippen LogP contribution in [0.5, 0.6) is 5.75 Å². The Bertz CT molecular complexity index is 740. The highest BCUT2D eigenvalue weighted by Gasteiger charge is 2.19. The van der Waals surface area contributed by atoms with Gasteiger partial charge in [0.15, 0.2) is 6.29 Å². The highest BCUT2D eigenvalue weighted by Crippen LogP contribution is 2.28. The summed E-state index contributed by atoms with van der Waals surface area (Å²) >= 11 is 0. The molecule has 0 bridgehead atoms. The van der Waals surface area contributed by atoms with E-state index in [-0.39, 0.29) is 12.4 Å². The van der Waals surface area contributed by atoms with Crippen molar-refractivity contribution in [2.45, 2.75) is 89.6 Å². The van der Waals surface area contributed by atoms with Gasteiger partial charge in [0.05, 0.1) is 6.10 Å². The third-order valence-electron chi connectivity index (χ3n) is 5.61. The summed E-state index contributed by atoms with van der Waals surface area (Å²) in [6.45, 7) is 11.0. The summed E-state index contributed by atoms with van der Waals surface area (Å²) in [7, 11) is 0. The Kier molecular flexibility index (Phi) is 12.8. The van der Waals surface area contributed by atoms with E-state index in [9.17, 15) is 5.11 Å². The number of hydrogen-bond acceptors (Lipinski definition) is 4. The largest absolute Gasteiger partial charge is 0.489 e. The highest BCUT2D eigenvalue weighted by molar-refractivity contribution is 5.44. The van der Waals surface area contributed by atoms with Gasteiger partial charge in [-0.05, 0) is 50.2 Å². The van der Waals surface area contributed by atoms with Crippen LogP contribution in [-0.4, -0.2) is 30.7 Å². The first-order valence-electron chi connectivity index (χ1n) is 12.1. The van der Waals surface area contributed by atoms with E-state index in [0.717, 1.165) is 55.6 Å². The molecule has 2 rings (SSSR count). The zero-order chi connectivity index (χ0) is 23.0. The molecular formula is C28H40O4. The number of allylic oxidation sites excluding steroid dienone is 1. The molecule has 0 radical (unpaired) electrons. The minimum Gasteiger partial charge on any atom is -0.489 e. The minimum atomic E-state index is -0.863. The lowest BCUT2D eigenvalue weighted by Crippen LogP contribution is -2.28. The van der Waals surface area contributed by atoms with Crippen molar-refractivity contribution in [3.8, 4) is 17.6 Å². The van der Waals surface area contributed by atoms with E-state index in [4.69, 9.17) is 14.2 Å². The van der Waals surface area contributed by atoms with Crippen molar-refractivity contribution < 1.29 is 19.3 Å². The fourth-order valence-corrected chi connectivity index (χ4v) is 3.90. The Morgan fingerprint density at radius 2 is 2.09 bits per heavy atom. The first-order chi connectivity index (χ1) is 15.7. The topological polar surface area (TPSA) is 47.9 Å². The van der Waals surface area contributed by atoms with Gasteiger partial charge in [-0.2, -0.15) is 0 Å². The smallest absolute Gasteiger partial charge is 0.157 e. The van der Waals surface area contributed by atoms with Crippen LogP contribution in [-0.2, 0) is 15.9 Å². The Balaban J connectivity index is 1.98. The number of aliphatic hydroxyl groups excluding tert-OH is 1. The van der Waals surface area contributed by atoms with Crippen LogP contribution in [0.25, 0.3) is 0 Å². The van der Waals surface area contributed by atoms with Crippen LogP contribution in [0.4, 0.5) is 0 Å². The molecule has 32 heavy (non-hydrogen) atoms. The first-order valence-corrected chi connectivity index (χ1v) is 12.1. The first kappa shape index (κ1) is 26.2. The van der Waals surface area contributed by atoms with E-state index in [2.05, 4.69) is 31.9 Å². The maximum atomic E-state index is 10.7. The van der Waals surface area contributed by atoms with Crippen LogP contribution in [0.2, 0.25) is 0 Å². The fourth-order valence-electron chi connectivity index (χ4n) is 3.90. The SMILES string of the molecule is C=CCOc1cccc(C(O)C#CCCC(CCCCC)OC2CCCCO2)c1CC=C. The van der Waals surface area contributed by atoms with Crippen molar-refractivity contribution >= 4 is 0 Å². The van der Waals surface area contributed by atoms with Crippen LogP contribution in [0.3, 0.4) is 0 Å². The van der Waals surface area contributed by atoms with Crippen molar-refractivity contribution in [1.82, 2.24) is 0 Å². The lowest BCUT2D eigenvalue weighted by atomic mass is 9.98. The minimum absolute atomic E-state index is 0.0753. The number of ether oxygens (including phenoxy) is 3. The summed E-state index contributed by atoms with van der Waals surface area (Å²) in [5, 5.41) is 10.7. The molecule has 0 saturated carbocycles. The van der Waals surface area contributed by atoms with Gasteiger partial charge < -0.3 is 19.3 Å². The maximum Gasteiger partial charge on any atom is 0.157 e. The quantitative estimate of drug-likeness (QED) is 0.210. The van der Waals surface area contributed by atoms with Gasteiger partial charge in [0, 0.05) is 18.6 Å². The van der Waals surface area contributed by atoms with Crippen LogP contribution in [0.15, 0.2) is 43.5 Å². The molecule has 3 unspecified atom stereocenters. The molecule has 0 amide bonds. The molecule has 4 nitrogen and oxygen atoms in total. The van der Waals surface area contributed by atoms with Crippen LogP contribution in [0, 0.1) is 11.8 Å². The molecule has 0 aliphatic carbocycles. The van der Waals surface area contributed by atoms with E-state index in [1.165, 1.54) is 19.3 Å². The van der Waals surface area contributed by atoms with Crippen molar-refractivity contribution in [3.63, 3.8) is 0 Å². The number of rotatable bonds is 14. The Hall–Kier alpha value is -2.06. The van der Waals surface area contributed by atoms with E-state index in [1.54, 1.807) is 6.08 Å². The second-order valence-electron chi connectivity index (χ2n) is 8.23. The average Bonchev–Trinajstić information content (AvgIpc) is 2.81. The van der Waals surface area contributed by atoms with E-state index in [1.807, 2.05) is 24.3 Å². The predicted molar refractivity (Wildman–Crippen MR) is 131 cm³/mol. The number of hydrogen-bond donors (Lipinski definition) is 1. The average molecular weight is 441 g/mol. The van der Waals surface area contributed by atoms with Crippen LogP contribution in [0.1, 0.15) is 81.9 Å². The maximum absolute atomic E-state index is 10.7. The molecule has 1 fully saturated rings. The molecule has 1 aliphatic rings. The highest BCUT2D eigenvalue weighted by atomic mass is 16.7. The standard InChI is InChI=1S/C28H40O4/c1-4-7-8-15-23(32-28-20-11-12-22-31-28)16-9-10-18-26(29)24-17-13-19-27(30-21-6-3)25(24)14-5-2/h5-6,13,17,19,23,26,28-29H,2-4,7-9,11-12,14-16,20-22H2,1H3. The van der Waals surface area contributed by atoms with Crippen molar-refractivity contribution in [2.75, 3.05) is 13.2 Å². The Morgan fingerprint density at radius 1 is 1.22 bits per heavy atom. The monoisotopic (exact) mass is 440 g/mol. The second-order valence-corrected chi connectivity index (χ2v) is 8.23. The molecule has 1 saturated heterocycles. The lowest BCUT2D eigenvalue weighted by Gasteiger charge is -2.27. The van der Waals surface area contributed by atoms with Gasteiger partial charge in [0.2, 0.25) is 0 Å². The van der Waals surface area contributed by atoms with Crippen molar-refractivity contribution in [1.29, 1.82) is 0 Å². The third kappa shape index (κ3) is 9.20. The summed E-state index contributed by atoms with van der Waals surface area (Å²) < 4.78 is 17.8. The van der Waals surface area contributed by atoms with E-state index >= 15 is 0 Å². The van der Waals surface area contributed by atoms with Gasteiger partial charge in [0.1, 0.15) is 18.5 Å². The molecule has 1 aliphatic heterocycles. The third-order valence-corrected chi connectivity index (χ3v) is 5.61. The lowest BCUT2D eigenvalue weighted by molar-refractivity contribution is -0.190. The number of benzene rings is 1. The van der Waals surface area contributed by atoms with E-state index in [0.29, 0.717) is 19.4 Å². The Labute approximate surface area is 194 Å². The van der Waals surface area contributed by atoms with Crippen molar-refractivity contribution in [3.05, 3.63) is 54.6 Å². The van der Waals surface area contributed by atoms with Gasteiger partial charge in [-0.15, -0.1) is 12.5 Å². The number of aliphatic hydroxyl groups is 1. The molecule has 1 aromatic rings. The van der Waals surface area contributed by atoms with Gasteiger partial charge in [-0.3, -0.25) is 0 Å². The zero-order valence-corrected chi connectivity index (χ0v) is 19.7. The molecule has 176 valence electrons. The van der Waals surface area contributed by atoms with Crippen molar-refractivity contribution in [2.24, 2.45) is 0 Å². The molecule has 1 aromatic carbocycles. The number of unbranched alkanes of at least 4 members (excludes halogenated alkanes) is 2. The molecule has 3 atom stereocenters. The summed E-state index contributed by atoms with van der Waals surface area (Å²) in [5.41, 5.74) is 1.69. The van der Waals surface area contributed by atoms with Crippen LogP contribution >= 0.6 is 0 Å². The normalized spacial score (nSPS) is 17.6. The van der Waals surface area contributed by atoms with E-state index < -0.39 is 6.10 Å². The summed E-state index contributed by atoms with van der Waals surface area (Å²) in [5.74, 6) is 6.92. The van der Waals surface area contributed by atoms with Gasteiger partial charge in [-0.25, -0.2) is 0 Å².